The maximum Gasteiger partial charge on any atom is 0.257 e. The number of methoxy groups -OCH3 is 1. The average Bonchev–Trinajstić information content (AvgIpc) is 3.32. The second kappa shape index (κ2) is 8.42. The summed E-state index contributed by atoms with van der Waals surface area (Å²) in [6.07, 6.45) is 2.53. The molecular formula is C24H24N2O3S. The number of hydrogen-bond acceptors (Lipinski definition) is 5. The zero-order valence-electron chi connectivity index (χ0n) is 17.3. The van der Waals surface area contributed by atoms with E-state index in [9.17, 15) is 4.79 Å². The second-order valence-corrected chi connectivity index (χ2v) is 8.03. The molecule has 0 N–H and O–H groups in total. The Kier molecular flexibility index (Phi) is 5.70. The van der Waals surface area contributed by atoms with Gasteiger partial charge in [-0.25, -0.2) is 4.98 Å². The van der Waals surface area contributed by atoms with Crippen LogP contribution in [0, 0.1) is 0 Å². The van der Waals surface area contributed by atoms with Gasteiger partial charge >= 0.3 is 0 Å². The van der Waals surface area contributed by atoms with Crippen LogP contribution in [0.3, 0.4) is 0 Å². The van der Waals surface area contributed by atoms with Crippen LogP contribution in [-0.4, -0.2) is 16.7 Å². The quantitative estimate of drug-likeness (QED) is 0.428. The molecule has 0 spiro atoms. The summed E-state index contributed by atoms with van der Waals surface area (Å²) in [5.74, 6) is 0.689. The van der Waals surface area contributed by atoms with E-state index < -0.39 is 5.60 Å². The lowest BCUT2D eigenvalue weighted by molar-refractivity contribution is 0.0182. The van der Waals surface area contributed by atoms with Crippen LogP contribution in [-0.2, 0) is 24.0 Å². The van der Waals surface area contributed by atoms with Gasteiger partial charge in [-0.1, -0.05) is 37.3 Å². The zero-order valence-corrected chi connectivity index (χ0v) is 18.1. The fraction of sp³-hybridized carbons (Fsp3) is 0.250. The van der Waals surface area contributed by atoms with Crippen LogP contribution in [0.2, 0.25) is 0 Å². The maximum atomic E-state index is 12.7. The highest BCUT2D eigenvalue weighted by Gasteiger charge is 2.35. The highest BCUT2D eigenvalue weighted by Crippen LogP contribution is 2.38. The summed E-state index contributed by atoms with van der Waals surface area (Å²) >= 11 is 1.57. The van der Waals surface area contributed by atoms with Crippen LogP contribution < -0.4 is 10.3 Å². The van der Waals surface area contributed by atoms with Gasteiger partial charge in [0.15, 0.2) is 0 Å². The van der Waals surface area contributed by atoms with Gasteiger partial charge in [0, 0.05) is 25.7 Å². The minimum absolute atomic E-state index is 0.0487. The molecule has 4 rings (SSSR count). The predicted octanol–water partition coefficient (Wildman–Crippen LogP) is 4.87. The molecule has 0 aliphatic heterocycles. The van der Waals surface area contributed by atoms with Gasteiger partial charge in [-0.05, 0) is 41.6 Å². The van der Waals surface area contributed by atoms with Crippen LogP contribution >= 0.6 is 11.3 Å². The number of nitrogens with zero attached hydrogens (tertiary/aromatic N) is 2. The molecule has 0 radical (unpaired) electrons. The molecule has 2 heterocycles. The van der Waals surface area contributed by atoms with Crippen molar-refractivity contribution in [2.75, 3.05) is 7.11 Å². The van der Waals surface area contributed by atoms with Crippen molar-refractivity contribution in [2.45, 2.75) is 25.6 Å². The van der Waals surface area contributed by atoms with Crippen molar-refractivity contribution in [3.8, 4) is 5.75 Å². The van der Waals surface area contributed by atoms with Crippen LogP contribution in [0.15, 0.2) is 71.0 Å². The van der Waals surface area contributed by atoms with Crippen LogP contribution in [0.25, 0.3) is 10.9 Å². The highest BCUT2D eigenvalue weighted by atomic mass is 32.1. The van der Waals surface area contributed by atoms with E-state index in [0.29, 0.717) is 11.3 Å². The van der Waals surface area contributed by atoms with E-state index in [4.69, 9.17) is 9.47 Å². The van der Waals surface area contributed by atoms with Crippen molar-refractivity contribution < 1.29 is 9.47 Å². The smallest absolute Gasteiger partial charge is 0.257 e. The summed E-state index contributed by atoms with van der Waals surface area (Å²) in [6, 6.07) is 17.6. The Morgan fingerprint density at radius 1 is 1.13 bits per heavy atom. The lowest BCUT2D eigenvalue weighted by Gasteiger charge is -2.30. The normalized spacial score (nSPS) is 13.3. The molecule has 2 aromatic carbocycles. The summed E-state index contributed by atoms with van der Waals surface area (Å²) in [7, 11) is 3.49. The van der Waals surface area contributed by atoms with Gasteiger partial charge in [0.1, 0.15) is 23.0 Å². The molecule has 1 atom stereocenters. The number of aromatic nitrogens is 2. The molecule has 0 aliphatic rings. The predicted molar refractivity (Wildman–Crippen MR) is 120 cm³/mol. The molecule has 30 heavy (non-hydrogen) atoms. The third-order valence-corrected chi connectivity index (χ3v) is 6.44. The summed E-state index contributed by atoms with van der Waals surface area (Å²) in [4.78, 5) is 17.2. The molecule has 0 saturated heterocycles. The Morgan fingerprint density at radius 2 is 1.97 bits per heavy atom. The number of fused-ring (bicyclic) bond motifs is 1. The fourth-order valence-corrected chi connectivity index (χ4v) is 4.75. The van der Waals surface area contributed by atoms with Gasteiger partial charge < -0.3 is 14.0 Å². The number of pyridine rings is 1. The number of para-hydroxylation sites is 1. The number of rotatable bonds is 7. The van der Waals surface area contributed by atoms with Crippen molar-refractivity contribution in [1.82, 2.24) is 9.55 Å². The van der Waals surface area contributed by atoms with Gasteiger partial charge in [0.05, 0.1) is 11.1 Å². The molecule has 2 aromatic heterocycles. The number of benzene rings is 2. The molecule has 1 unspecified atom stereocenters. The Hall–Kier alpha value is -2.96. The second-order valence-electron chi connectivity index (χ2n) is 7.13. The summed E-state index contributed by atoms with van der Waals surface area (Å²) in [5, 5.41) is 3.88. The molecule has 154 valence electrons. The standard InChI is InChI=1S/C24H24N2O3S/c1-4-24(28-3,23-25-12-13-30-23)19-9-7-10-20(15-19)29-16-18-14-17-8-5-6-11-21(17)26(2)22(18)27/h5-15H,4,16H2,1-3H3. The largest absolute Gasteiger partial charge is 0.489 e. The SMILES string of the molecule is CCC(OC)(c1cccc(OCc2cc3ccccc3n(C)c2=O)c1)c1nccs1. The minimum Gasteiger partial charge on any atom is -0.489 e. The Bertz CT molecular complexity index is 1210. The average molecular weight is 421 g/mol. The first-order valence-electron chi connectivity index (χ1n) is 9.85. The van der Waals surface area contributed by atoms with E-state index in [1.165, 1.54) is 0 Å². The molecule has 0 bridgehead atoms. The number of ether oxygens (including phenoxy) is 2. The third-order valence-electron chi connectivity index (χ3n) is 5.53. The molecule has 5 nitrogen and oxygen atoms in total. The maximum absolute atomic E-state index is 12.7. The first kappa shape index (κ1) is 20.3. The number of thiazole rings is 1. The Labute approximate surface area is 179 Å². The van der Waals surface area contributed by atoms with E-state index in [1.54, 1.807) is 36.3 Å². The molecule has 0 aliphatic carbocycles. The molecule has 0 saturated carbocycles. The summed E-state index contributed by atoms with van der Waals surface area (Å²) in [6.45, 7) is 2.28. The van der Waals surface area contributed by atoms with E-state index in [1.807, 2.05) is 60.0 Å². The van der Waals surface area contributed by atoms with Crippen molar-refractivity contribution in [2.24, 2.45) is 7.05 Å². The monoisotopic (exact) mass is 420 g/mol. The molecular weight excluding hydrogens is 396 g/mol. The zero-order chi connectivity index (χ0) is 21.1. The topological polar surface area (TPSA) is 53.4 Å². The van der Waals surface area contributed by atoms with E-state index in [-0.39, 0.29) is 12.2 Å². The fourth-order valence-electron chi connectivity index (χ4n) is 3.84. The van der Waals surface area contributed by atoms with E-state index in [0.717, 1.165) is 27.9 Å². The Morgan fingerprint density at radius 3 is 2.70 bits per heavy atom. The molecule has 0 amide bonds. The van der Waals surface area contributed by atoms with Crippen molar-refractivity contribution in [3.63, 3.8) is 0 Å². The molecule has 0 fully saturated rings. The first-order valence-corrected chi connectivity index (χ1v) is 10.7. The van der Waals surface area contributed by atoms with Crippen LogP contribution in [0.1, 0.15) is 29.5 Å². The van der Waals surface area contributed by atoms with Gasteiger partial charge in [0.2, 0.25) is 0 Å². The van der Waals surface area contributed by atoms with Crippen molar-refractivity contribution in [1.29, 1.82) is 0 Å². The van der Waals surface area contributed by atoms with Gasteiger partial charge in [-0.15, -0.1) is 11.3 Å². The Balaban J connectivity index is 1.64. The molecule has 6 heteroatoms. The highest BCUT2D eigenvalue weighted by molar-refractivity contribution is 7.09. The molecule has 4 aromatic rings. The van der Waals surface area contributed by atoms with Gasteiger partial charge in [-0.3, -0.25) is 4.79 Å². The van der Waals surface area contributed by atoms with Gasteiger partial charge in [-0.2, -0.15) is 0 Å². The van der Waals surface area contributed by atoms with Crippen LogP contribution in [0.4, 0.5) is 0 Å². The van der Waals surface area contributed by atoms with Gasteiger partial charge in [0.25, 0.3) is 5.56 Å². The van der Waals surface area contributed by atoms with E-state index >= 15 is 0 Å². The minimum atomic E-state index is -0.618. The lowest BCUT2D eigenvalue weighted by Crippen LogP contribution is -2.29. The van der Waals surface area contributed by atoms with Crippen molar-refractivity contribution in [3.05, 3.63) is 92.7 Å². The lowest BCUT2D eigenvalue weighted by atomic mass is 9.91. The number of aryl methyl sites for hydroxylation is 1. The first-order chi connectivity index (χ1) is 14.6. The summed E-state index contributed by atoms with van der Waals surface area (Å²) < 4.78 is 13.7. The van der Waals surface area contributed by atoms with Crippen LogP contribution in [0.5, 0.6) is 5.75 Å². The third kappa shape index (κ3) is 3.53. The summed E-state index contributed by atoms with van der Waals surface area (Å²) in [5.41, 5.74) is 1.84. The number of hydrogen-bond donors (Lipinski definition) is 0. The van der Waals surface area contributed by atoms with Crippen molar-refractivity contribution >= 4 is 22.2 Å². The van der Waals surface area contributed by atoms with E-state index in [2.05, 4.69) is 11.9 Å².